The minimum absolute atomic E-state index is 0.0910. The summed E-state index contributed by atoms with van der Waals surface area (Å²) >= 11 is 7.41. The molecule has 148 valence electrons. The van der Waals surface area contributed by atoms with Gasteiger partial charge in [-0.2, -0.15) is 0 Å². The standard InChI is InChI=1S/C22H20ClN3O2S/c1-13-6-7-15(10-18(13)23)24-20(27)12-29-21-11-17(22(28)25-14-8-9-14)16-4-2-3-5-19(16)26-21/h2-7,10-11,14H,8-9,12H2,1H3,(H,24,27)(H,25,28). The number of carbonyl (C=O) groups excluding carboxylic acids is 2. The van der Waals surface area contributed by atoms with E-state index in [9.17, 15) is 9.59 Å². The van der Waals surface area contributed by atoms with E-state index in [2.05, 4.69) is 15.6 Å². The van der Waals surface area contributed by atoms with Gasteiger partial charge in [0.25, 0.3) is 5.91 Å². The van der Waals surface area contributed by atoms with Crippen LogP contribution in [-0.2, 0) is 4.79 Å². The first kappa shape index (κ1) is 19.7. The van der Waals surface area contributed by atoms with Crippen LogP contribution in [0, 0.1) is 6.92 Å². The van der Waals surface area contributed by atoms with Crippen LogP contribution in [0.15, 0.2) is 53.6 Å². The number of pyridine rings is 1. The second kappa shape index (κ2) is 8.43. The third kappa shape index (κ3) is 4.89. The lowest BCUT2D eigenvalue weighted by atomic mass is 10.1. The predicted molar refractivity (Wildman–Crippen MR) is 118 cm³/mol. The maximum absolute atomic E-state index is 12.7. The molecule has 29 heavy (non-hydrogen) atoms. The minimum atomic E-state index is -0.158. The summed E-state index contributed by atoms with van der Waals surface area (Å²) in [5.74, 6) is -0.0684. The second-order valence-electron chi connectivity index (χ2n) is 7.07. The van der Waals surface area contributed by atoms with Crippen molar-refractivity contribution in [3.63, 3.8) is 0 Å². The normalized spacial score (nSPS) is 13.3. The summed E-state index contributed by atoms with van der Waals surface area (Å²) in [4.78, 5) is 29.6. The second-order valence-corrected chi connectivity index (χ2v) is 8.48. The first-order valence-electron chi connectivity index (χ1n) is 9.39. The molecule has 4 rings (SSSR count). The van der Waals surface area contributed by atoms with Crippen molar-refractivity contribution in [1.29, 1.82) is 0 Å². The molecular weight excluding hydrogens is 406 g/mol. The third-order valence-corrected chi connectivity index (χ3v) is 5.98. The highest BCUT2D eigenvalue weighted by atomic mass is 35.5. The van der Waals surface area contributed by atoms with Gasteiger partial charge in [-0.3, -0.25) is 9.59 Å². The molecule has 3 aromatic rings. The van der Waals surface area contributed by atoms with E-state index in [4.69, 9.17) is 11.6 Å². The highest BCUT2D eigenvalue weighted by Crippen LogP contribution is 2.26. The van der Waals surface area contributed by atoms with Crippen LogP contribution in [0.4, 0.5) is 5.69 Å². The lowest BCUT2D eigenvalue weighted by Crippen LogP contribution is -2.25. The van der Waals surface area contributed by atoms with Crippen LogP contribution in [0.25, 0.3) is 10.9 Å². The molecule has 7 heteroatoms. The molecule has 2 amide bonds. The number of aromatic nitrogens is 1. The summed E-state index contributed by atoms with van der Waals surface area (Å²) in [5, 5.41) is 7.93. The molecule has 1 fully saturated rings. The van der Waals surface area contributed by atoms with Gasteiger partial charge in [-0.25, -0.2) is 4.98 Å². The maximum atomic E-state index is 12.7. The molecule has 2 aromatic carbocycles. The maximum Gasteiger partial charge on any atom is 0.252 e. The van der Waals surface area contributed by atoms with Crippen LogP contribution >= 0.6 is 23.4 Å². The molecule has 0 aliphatic heterocycles. The fourth-order valence-corrected chi connectivity index (χ4v) is 3.81. The smallest absolute Gasteiger partial charge is 0.252 e. The Morgan fingerprint density at radius 1 is 1.17 bits per heavy atom. The van der Waals surface area contributed by atoms with Crippen molar-refractivity contribution in [2.45, 2.75) is 30.8 Å². The van der Waals surface area contributed by atoms with E-state index in [1.54, 1.807) is 12.1 Å². The molecule has 0 unspecified atom stereocenters. The van der Waals surface area contributed by atoms with Crippen molar-refractivity contribution in [3.05, 3.63) is 64.7 Å². The predicted octanol–water partition coefficient (Wildman–Crippen LogP) is 4.82. The van der Waals surface area contributed by atoms with Crippen LogP contribution in [0.2, 0.25) is 5.02 Å². The number of benzene rings is 2. The molecule has 1 aromatic heterocycles. The monoisotopic (exact) mass is 425 g/mol. The number of aryl methyl sites for hydroxylation is 1. The molecule has 5 nitrogen and oxygen atoms in total. The Bertz CT molecular complexity index is 1100. The average Bonchev–Trinajstić information content (AvgIpc) is 3.52. The van der Waals surface area contributed by atoms with Gasteiger partial charge >= 0.3 is 0 Å². The molecule has 0 saturated heterocycles. The van der Waals surface area contributed by atoms with Crippen LogP contribution < -0.4 is 10.6 Å². The fourth-order valence-electron chi connectivity index (χ4n) is 2.91. The Morgan fingerprint density at radius 2 is 1.97 bits per heavy atom. The van der Waals surface area contributed by atoms with E-state index in [0.29, 0.717) is 21.3 Å². The van der Waals surface area contributed by atoms with Crippen molar-refractivity contribution >= 4 is 51.8 Å². The van der Waals surface area contributed by atoms with Gasteiger partial charge in [0.1, 0.15) is 0 Å². The van der Waals surface area contributed by atoms with Crippen LogP contribution in [0.5, 0.6) is 0 Å². The number of carbonyl (C=O) groups is 2. The van der Waals surface area contributed by atoms with E-state index < -0.39 is 0 Å². The zero-order chi connectivity index (χ0) is 20.4. The van der Waals surface area contributed by atoms with Gasteiger partial charge in [-0.05, 0) is 49.6 Å². The summed E-state index contributed by atoms with van der Waals surface area (Å²) in [7, 11) is 0. The number of anilines is 1. The molecule has 2 N–H and O–H groups in total. The van der Waals surface area contributed by atoms with Gasteiger partial charge in [0.15, 0.2) is 0 Å². The Morgan fingerprint density at radius 3 is 2.72 bits per heavy atom. The van der Waals surface area contributed by atoms with E-state index >= 15 is 0 Å². The summed E-state index contributed by atoms with van der Waals surface area (Å²) in [6.45, 7) is 1.91. The minimum Gasteiger partial charge on any atom is -0.349 e. The summed E-state index contributed by atoms with van der Waals surface area (Å²) < 4.78 is 0. The summed E-state index contributed by atoms with van der Waals surface area (Å²) in [6.07, 6.45) is 2.05. The van der Waals surface area contributed by atoms with Crippen LogP contribution in [-0.4, -0.2) is 28.6 Å². The average molecular weight is 426 g/mol. The molecule has 1 heterocycles. The number of hydrogen-bond donors (Lipinski definition) is 2. The van der Waals surface area contributed by atoms with Crippen LogP contribution in [0.1, 0.15) is 28.8 Å². The number of thioether (sulfide) groups is 1. The van der Waals surface area contributed by atoms with Gasteiger partial charge in [0.05, 0.1) is 21.9 Å². The number of para-hydroxylation sites is 1. The highest BCUT2D eigenvalue weighted by molar-refractivity contribution is 7.99. The van der Waals surface area contributed by atoms with Crippen molar-refractivity contribution in [2.75, 3.05) is 11.1 Å². The molecule has 1 aliphatic rings. The molecule has 0 atom stereocenters. The summed E-state index contributed by atoms with van der Waals surface area (Å²) in [5.41, 5.74) is 2.94. The number of rotatable bonds is 6. The number of fused-ring (bicyclic) bond motifs is 1. The first-order chi connectivity index (χ1) is 14.0. The topological polar surface area (TPSA) is 71.1 Å². The molecule has 0 bridgehead atoms. The Balaban J connectivity index is 1.49. The Labute approximate surface area is 178 Å². The van der Waals surface area contributed by atoms with E-state index in [-0.39, 0.29) is 23.6 Å². The van der Waals surface area contributed by atoms with Gasteiger partial charge in [0, 0.05) is 22.1 Å². The number of nitrogens with zero attached hydrogens (tertiary/aromatic N) is 1. The van der Waals surface area contributed by atoms with Crippen molar-refractivity contribution in [1.82, 2.24) is 10.3 Å². The van der Waals surface area contributed by atoms with Gasteiger partial charge in [-0.1, -0.05) is 47.6 Å². The van der Waals surface area contributed by atoms with Gasteiger partial charge < -0.3 is 10.6 Å². The first-order valence-corrected chi connectivity index (χ1v) is 10.8. The fraction of sp³-hybridized carbons (Fsp3) is 0.227. The van der Waals surface area contributed by atoms with Crippen molar-refractivity contribution in [3.8, 4) is 0 Å². The molecule has 1 aliphatic carbocycles. The largest absolute Gasteiger partial charge is 0.349 e. The molecular formula is C22H20ClN3O2S. The van der Waals surface area contributed by atoms with Crippen molar-refractivity contribution < 1.29 is 9.59 Å². The van der Waals surface area contributed by atoms with Crippen LogP contribution in [0.3, 0.4) is 0 Å². The number of halogens is 1. The van der Waals surface area contributed by atoms with E-state index in [1.807, 2.05) is 43.3 Å². The van der Waals surface area contributed by atoms with Crippen molar-refractivity contribution in [2.24, 2.45) is 0 Å². The van der Waals surface area contributed by atoms with Gasteiger partial charge in [-0.15, -0.1) is 0 Å². The number of nitrogens with one attached hydrogen (secondary N) is 2. The molecule has 1 saturated carbocycles. The van der Waals surface area contributed by atoms with E-state index in [0.717, 1.165) is 29.3 Å². The Hall–Kier alpha value is -2.57. The highest BCUT2D eigenvalue weighted by Gasteiger charge is 2.25. The lowest BCUT2D eigenvalue weighted by molar-refractivity contribution is -0.113. The zero-order valence-electron chi connectivity index (χ0n) is 15.9. The quantitative estimate of drug-likeness (QED) is 0.555. The SMILES string of the molecule is Cc1ccc(NC(=O)CSc2cc(C(=O)NC3CC3)c3ccccc3n2)cc1Cl. The van der Waals surface area contributed by atoms with Gasteiger partial charge in [0.2, 0.25) is 5.91 Å². The molecule has 0 spiro atoms. The number of hydrogen-bond acceptors (Lipinski definition) is 4. The lowest BCUT2D eigenvalue weighted by Gasteiger charge is -2.10. The third-order valence-electron chi connectivity index (χ3n) is 4.66. The van der Waals surface area contributed by atoms with E-state index in [1.165, 1.54) is 11.8 Å². The Kier molecular flexibility index (Phi) is 5.74. The molecule has 0 radical (unpaired) electrons. The summed E-state index contributed by atoms with van der Waals surface area (Å²) in [6, 6.07) is 15.0. The number of amides is 2. The zero-order valence-corrected chi connectivity index (χ0v) is 17.4.